The van der Waals surface area contributed by atoms with Crippen molar-refractivity contribution < 1.29 is 19.4 Å². The van der Waals surface area contributed by atoms with Crippen LogP contribution < -0.4 is 4.74 Å². The number of ether oxygens (including phenoxy) is 1. The van der Waals surface area contributed by atoms with E-state index in [9.17, 15) is 14.7 Å². The molecule has 2 aliphatic rings. The number of rotatable bonds is 3. The first-order chi connectivity index (χ1) is 10.9. The van der Waals surface area contributed by atoms with Gasteiger partial charge in [-0.15, -0.1) is 0 Å². The van der Waals surface area contributed by atoms with Crippen molar-refractivity contribution in [3.63, 3.8) is 0 Å². The van der Waals surface area contributed by atoms with Gasteiger partial charge < -0.3 is 14.7 Å². The number of carboxylic acid groups (broad SMARTS) is 1. The average Bonchev–Trinajstić information content (AvgIpc) is 3.07. The molecule has 2 aliphatic heterocycles. The molecule has 124 valence electrons. The smallest absolute Gasteiger partial charge is 0.408 e. The van der Waals surface area contributed by atoms with Gasteiger partial charge in [-0.1, -0.05) is 6.07 Å². The van der Waals surface area contributed by atoms with Crippen LogP contribution in [0.2, 0.25) is 0 Å². The van der Waals surface area contributed by atoms with Gasteiger partial charge >= 0.3 is 6.09 Å². The van der Waals surface area contributed by atoms with Crippen molar-refractivity contribution in [1.82, 2.24) is 9.80 Å². The van der Waals surface area contributed by atoms with E-state index in [1.54, 1.807) is 7.11 Å². The molecule has 2 bridgehead atoms. The zero-order chi connectivity index (χ0) is 16.9. The third-order valence-corrected chi connectivity index (χ3v) is 5.32. The number of piperazine rings is 1. The molecule has 3 atom stereocenters. The van der Waals surface area contributed by atoms with Crippen molar-refractivity contribution in [3.05, 3.63) is 28.8 Å². The molecular weight excluding hydrogens is 296 g/mol. The predicted molar refractivity (Wildman–Crippen MR) is 84.7 cm³/mol. The molecule has 6 nitrogen and oxygen atoms in total. The summed E-state index contributed by atoms with van der Waals surface area (Å²) in [5.74, 6) is 0.758. The molecule has 1 N–H and O–H groups in total. The monoisotopic (exact) mass is 318 g/mol. The Morgan fingerprint density at radius 1 is 1.35 bits per heavy atom. The van der Waals surface area contributed by atoms with Crippen molar-refractivity contribution in [2.24, 2.45) is 0 Å². The summed E-state index contributed by atoms with van der Waals surface area (Å²) < 4.78 is 5.34. The van der Waals surface area contributed by atoms with E-state index in [2.05, 4.69) is 0 Å². The molecule has 2 heterocycles. The second kappa shape index (κ2) is 5.44. The number of nitrogens with zero attached hydrogens (tertiary/aromatic N) is 2. The lowest BCUT2D eigenvalue weighted by atomic mass is 9.96. The molecule has 3 rings (SSSR count). The van der Waals surface area contributed by atoms with Gasteiger partial charge in [0.25, 0.3) is 0 Å². The molecule has 2 amide bonds. The van der Waals surface area contributed by atoms with Crippen molar-refractivity contribution in [2.75, 3.05) is 13.7 Å². The fourth-order valence-corrected chi connectivity index (χ4v) is 3.96. The van der Waals surface area contributed by atoms with Gasteiger partial charge in [-0.2, -0.15) is 0 Å². The first-order valence-corrected chi connectivity index (χ1v) is 7.82. The zero-order valence-electron chi connectivity index (χ0n) is 13.9. The van der Waals surface area contributed by atoms with E-state index in [1.807, 2.05) is 37.8 Å². The summed E-state index contributed by atoms with van der Waals surface area (Å²) in [4.78, 5) is 26.9. The summed E-state index contributed by atoms with van der Waals surface area (Å²) in [5, 5.41) is 9.17. The maximum Gasteiger partial charge on any atom is 0.408 e. The summed E-state index contributed by atoms with van der Waals surface area (Å²) in [5.41, 5.74) is 3.27. The molecule has 2 fully saturated rings. The number of hydrogen-bond acceptors (Lipinski definition) is 3. The molecule has 0 unspecified atom stereocenters. The van der Waals surface area contributed by atoms with Crippen molar-refractivity contribution in [2.45, 2.75) is 45.3 Å². The first kappa shape index (κ1) is 15.6. The van der Waals surface area contributed by atoms with E-state index in [1.165, 1.54) is 4.90 Å². The van der Waals surface area contributed by atoms with Gasteiger partial charge in [0.05, 0.1) is 19.2 Å². The summed E-state index contributed by atoms with van der Waals surface area (Å²) in [7, 11) is 1.65. The summed E-state index contributed by atoms with van der Waals surface area (Å²) in [6.45, 7) is 6.46. The first-order valence-electron chi connectivity index (χ1n) is 7.82. The standard InChI is InChI=1S/C17H22N2O4/c1-9-10(2)15(23-4)6-5-13(9)11(3)19-12-7-14(16(19)20)18(8-12)17(21)22/h5-6,11-12,14H,7-8H2,1-4H3,(H,21,22)/t11-,12-,14-/m0/s1. The van der Waals surface area contributed by atoms with E-state index < -0.39 is 12.1 Å². The lowest BCUT2D eigenvalue weighted by molar-refractivity contribution is -0.138. The molecular formula is C17H22N2O4. The number of benzene rings is 1. The van der Waals surface area contributed by atoms with E-state index in [0.29, 0.717) is 13.0 Å². The second-order valence-corrected chi connectivity index (χ2v) is 6.37. The fourth-order valence-electron chi connectivity index (χ4n) is 3.96. The molecule has 1 aromatic rings. The van der Waals surface area contributed by atoms with Crippen LogP contribution in [0.4, 0.5) is 4.79 Å². The van der Waals surface area contributed by atoms with Gasteiger partial charge in [0.1, 0.15) is 11.8 Å². The molecule has 0 spiro atoms. The van der Waals surface area contributed by atoms with Crippen LogP contribution in [0.1, 0.15) is 36.1 Å². The van der Waals surface area contributed by atoms with Crippen LogP contribution in [-0.4, -0.2) is 52.6 Å². The number of carbonyl (C=O) groups excluding carboxylic acids is 1. The fraction of sp³-hybridized carbons (Fsp3) is 0.529. The van der Waals surface area contributed by atoms with Crippen LogP contribution in [0.5, 0.6) is 5.75 Å². The largest absolute Gasteiger partial charge is 0.496 e. The van der Waals surface area contributed by atoms with Crippen LogP contribution in [0.15, 0.2) is 12.1 Å². The normalized spacial score (nSPS) is 24.3. The minimum atomic E-state index is -1.00. The third kappa shape index (κ3) is 2.24. The van der Waals surface area contributed by atoms with Crippen molar-refractivity contribution in [1.29, 1.82) is 0 Å². The Kier molecular flexibility index (Phi) is 3.70. The molecule has 6 heteroatoms. The topological polar surface area (TPSA) is 70.1 Å². The summed E-state index contributed by atoms with van der Waals surface area (Å²) in [6.07, 6.45) is -0.404. The Morgan fingerprint density at radius 3 is 2.61 bits per heavy atom. The Labute approximate surface area is 135 Å². The minimum Gasteiger partial charge on any atom is -0.496 e. The Bertz CT molecular complexity index is 673. The van der Waals surface area contributed by atoms with Gasteiger partial charge in [-0.3, -0.25) is 9.69 Å². The van der Waals surface area contributed by atoms with E-state index >= 15 is 0 Å². The molecule has 0 aromatic heterocycles. The third-order valence-electron chi connectivity index (χ3n) is 5.32. The highest BCUT2D eigenvalue weighted by molar-refractivity contribution is 5.89. The second-order valence-electron chi connectivity index (χ2n) is 6.37. The van der Waals surface area contributed by atoms with Crippen LogP contribution in [0, 0.1) is 13.8 Å². The van der Waals surface area contributed by atoms with Gasteiger partial charge in [-0.05, 0) is 49.9 Å². The minimum absolute atomic E-state index is 0.0274. The highest BCUT2D eigenvalue weighted by Gasteiger charge is 2.53. The predicted octanol–water partition coefficient (Wildman–Crippen LogP) is 2.34. The molecule has 1 aromatic carbocycles. The molecule has 0 aliphatic carbocycles. The Hall–Kier alpha value is -2.24. The molecule has 23 heavy (non-hydrogen) atoms. The number of amides is 2. The van der Waals surface area contributed by atoms with E-state index in [-0.39, 0.29) is 18.0 Å². The highest BCUT2D eigenvalue weighted by atomic mass is 16.5. The van der Waals surface area contributed by atoms with E-state index in [4.69, 9.17) is 4.74 Å². The van der Waals surface area contributed by atoms with Crippen LogP contribution in [-0.2, 0) is 4.79 Å². The van der Waals surface area contributed by atoms with Crippen LogP contribution in [0.25, 0.3) is 0 Å². The lowest BCUT2D eigenvalue weighted by Gasteiger charge is -2.37. The van der Waals surface area contributed by atoms with Gasteiger partial charge in [0.2, 0.25) is 5.91 Å². The van der Waals surface area contributed by atoms with Crippen molar-refractivity contribution >= 4 is 12.0 Å². The summed E-state index contributed by atoms with van der Waals surface area (Å²) >= 11 is 0. The van der Waals surface area contributed by atoms with Crippen LogP contribution in [0.3, 0.4) is 0 Å². The Morgan fingerprint density at radius 2 is 2.04 bits per heavy atom. The number of carbonyl (C=O) groups is 2. The molecule has 0 saturated carbocycles. The van der Waals surface area contributed by atoms with Crippen molar-refractivity contribution in [3.8, 4) is 5.75 Å². The van der Waals surface area contributed by atoms with Gasteiger partial charge in [-0.25, -0.2) is 4.79 Å². The maximum absolute atomic E-state index is 12.6. The highest BCUT2D eigenvalue weighted by Crippen LogP contribution is 2.39. The number of hydrogen-bond donors (Lipinski definition) is 1. The van der Waals surface area contributed by atoms with Gasteiger partial charge in [0.15, 0.2) is 0 Å². The zero-order valence-corrected chi connectivity index (χ0v) is 13.9. The van der Waals surface area contributed by atoms with Crippen LogP contribution >= 0.6 is 0 Å². The number of fused-ring (bicyclic) bond motifs is 2. The lowest BCUT2D eigenvalue weighted by Crippen LogP contribution is -2.52. The molecule has 2 saturated heterocycles. The summed E-state index contributed by atoms with van der Waals surface area (Å²) in [6, 6.07) is 3.31. The number of methoxy groups -OCH3 is 1. The van der Waals surface area contributed by atoms with Gasteiger partial charge in [0, 0.05) is 6.54 Å². The Balaban J connectivity index is 1.89. The molecule has 0 radical (unpaired) electrons. The quantitative estimate of drug-likeness (QED) is 0.928. The maximum atomic E-state index is 12.6. The average molecular weight is 318 g/mol. The SMILES string of the molecule is COc1ccc([C@H](C)N2C(=O)[C@@H]3C[C@H]2CN3C(=O)O)c(C)c1C. The van der Waals surface area contributed by atoms with E-state index in [0.717, 1.165) is 22.4 Å². The number of likely N-dealkylation sites (tertiary alicyclic amines) is 2.